The molecule has 3 nitrogen and oxygen atoms in total. The monoisotopic (exact) mass is 572 g/mol. The summed E-state index contributed by atoms with van der Waals surface area (Å²) in [7, 11) is -1.05. The van der Waals surface area contributed by atoms with Gasteiger partial charge in [0, 0.05) is 12.5 Å². The summed E-state index contributed by atoms with van der Waals surface area (Å²) in [5, 5.41) is 2.70. The van der Waals surface area contributed by atoms with Gasteiger partial charge in [-0.2, -0.15) is 0 Å². The number of methoxy groups -OCH3 is 1. The molecular formula is C37H52O3Si. The first-order valence-corrected chi connectivity index (χ1v) is 17.2. The summed E-state index contributed by atoms with van der Waals surface area (Å²) in [5.74, 6) is -0.133. The van der Waals surface area contributed by atoms with Crippen LogP contribution in [-0.4, -0.2) is 27.5 Å². The topological polar surface area (TPSA) is 35.5 Å². The van der Waals surface area contributed by atoms with Crippen molar-refractivity contribution >= 4 is 24.7 Å². The molecule has 0 aromatic heterocycles. The highest BCUT2D eigenvalue weighted by Crippen LogP contribution is 2.37. The molecule has 2 aromatic rings. The van der Waals surface area contributed by atoms with Crippen LogP contribution in [0.15, 0.2) is 109 Å². The van der Waals surface area contributed by atoms with Crippen molar-refractivity contribution in [1.82, 2.24) is 0 Å². The fourth-order valence-corrected chi connectivity index (χ4v) is 9.83. The molecule has 0 aliphatic carbocycles. The average Bonchev–Trinajstić information content (AvgIpc) is 2.97. The number of unbranched alkanes of at least 4 members (excludes halogenated alkanes) is 2. The average molecular weight is 573 g/mol. The molecule has 1 atom stereocenters. The predicted octanol–water partition coefficient (Wildman–Crippen LogP) is 8.86. The lowest BCUT2D eigenvalue weighted by Crippen LogP contribution is -2.67. The fourth-order valence-electron chi connectivity index (χ4n) is 5.09. The van der Waals surface area contributed by atoms with E-state index in [0.29, 0.717) is 6.42 Å². The number of allylic oxidation sites excluding steroid dienone is 8. The van der Waals surface area contributed by atoms with Gasteiger partial charge in [0.2, 0.25) is 0 Å². The Hall–Kier alpha value is -2.95. The molecule has 0 fully saturated rings. The number of esters is 1. The molecule has 0 saturated carbocycles. The van der Waals surface area contributed by atoms with Gasteiger partial charge in [0.1, 0.15) is 0 Å². The van der Waals surface area contributed by atoms with E-state index in [0.717, 1.165) is 51.4 Å². The highest BCUT2D eigenvalue weighted by molar-refractivity contribution is 6.99. The van der Waals surface area contributed by atoms with E-state index >= 15 is 0 Å². The van der Waals surface area contributed by atoms with E-state index in [1.54, 1.807) is 0 Å². The van der Waals surface area contributed by atoms with Crippen molar-refractivity contribution in [1.29, 1.82) is 0 Å². The Morgan fingerprint density at radius 2 is 1.17 bits per heavy atom. The SMILES string of the molecule is COC(=O)CCC/C=C\C/C=C\C/C=C\C/C=C\CCC[C@@H](C)O[Si](c1ccccc1)(c1ccccc1)C(C)(C)C. The second-order valence-corrected chi connectivity index (χ2v) is 15.8. The molecule has 0 amide bonds. The molecule has 0 aliphatic rings. The minimum Gasteiger partial charge on any atom is -0.469 e. The molecule has 0 aliphatic heterocycles. The van der Waals surface area contributed by atoms with Crippen molar-refractivity contribution in [3.63, 3.8) is 0 Å². The predicted molar refractivity (Wildman–Crippen MR) is 178 cm³/mol. The van der Waals surface area contributed by atoms with Gasteiger partial charge in [-0.05, 0) is 73.7 Å². The Bertz CT molecular complexity index is 1050. The number of rotatable bonds is 18. The molecule has 4 heteroatoms. The molecule has 0 radical (unpaired) electrons. The minimum atomic E-state index is -2.48. The molecule has 222 valence electrons. The summed E-state index contributed by atoms with van der Waals surface area (Å²) in [6.45, 7) is 9.27. The minimum absolute atomic E-state index is 0.00879. The van der Waals surface area contributed by atoms with Gasteiger partial charge in [0.15, 0.2) is 0 Å². The number of ether oxygens (including phenoxy) is 1. The lowest BCUT2D eigenvalue weighted by molar-refractivity contribution is -0.140. The second-order valence-electron chi connectivity index (χ2n) is 11.6. The molecule has 0 spiro atoms. The maximum absolute atomic E-state index is 11.1. The van der Waals surface area contributed by atoms with Crippen LogP contribution in [0.1, 0.15) is 85.5 Å². The van der Waals surface area contributed by atoms with Gasteiger partial charge < -0.3 is 9.16 Å². The van der Waals surface area contributed by atoms with Gasteiger partial charge in [0.05, 0.1) is 7.11 Å². The normalized spacial score (nSPS) is 13.6. The third kappa shape index (κ3) is 12.2. The summed E-state index contributed by atoms with van der Waals surface area (Å²) < 4.78 is 11.8. The summed E-state index contributed by atoms with van der Waals surface area (Å²) in [6, 6.07) is 21.8. The summed E-state index contributed by atoms with van der Waals surface area (Å²) in [5.41, 5.74) is 0. The third-order valence-corrected chi connectivity index (χ3v) is 12.4. The summed E-state index contributed by atoms with van der Waals surface area (Å²) in [4.78, 5) is 11.1. The molecule has 0 bridgehead atoms. The standard InChI is InChI=1S/C37H52O3Si/c1-33(40-41(37(2,3)4,34-28-22-19-23-29-34)35-30-24-20-25-31-35)27-21-17-15-13-11-9-7-6-8-10-12-14-16-18-26-32-36(38)39-5/h7-10,13-16,19-20,22-25,28-31,33H,6,11-12,17-18,21,26-27,32H2,1-5H3/b9-7-,10-8-,15-13-,16-14-/t33-/m1/s1. The Kier molecular flexibility index (Phi) is 16.1. The zero-order valence-corrected chi connectivity index (χ0v) is 27.1. The number of benzene rings is 2. The molecule has 2 aromatic carbocycles. The van der Waals surface area contributed by atoms with Crippen molar-refractivity contribution < 1.29 is 14.0 Å². The highest BCUT2D eigenvalue weighted by Gasteiger charge is 2.50. The zero-order chi connectivity index (χ0) is 29.8. The van der Waals surface area contributed by atoms with Gasteiger partial charge >= 0.3 is 5.97 Å². The molecule has 0 unspecified atom stereocenters. The number of hydrogen-bond acceptors (Lipinski definition) is 3. The Morgan fingerprint density at radius 3 is 1.61 bits per heavy atom. The largest absolute Gasteiger partial charge is 0.469 e. The quantitative estimate of drug-likeness (QED) is 0.0774. The van der Waals surface area contributed by atoms with Gasteiger partial charge in [-0.1, -0.05) is 130 Å². The Labute approximate surface area is 251 Å². The first-order valence-electron chi connectivity index (χ1n) is 15.3. The van der Waals surface area contributed by atoms with E-state index < -0.39 is 8.32 Å². The van der Waals surface area contributed by atoms with Gasteiger partial charge in [-0.3, -0.25) is 4.79 Å². The molecule has 0 heterocycles. The van der Waals surface area contributed by atoms with Crippen LogP contribution >= 0.6 is 0 Å². The number of carbonyl (C=O) groups excluding carboxylic acids is 1. The van der Waals surface area contributed by atoms with Crippen LogP contribution in [0.3, 0.4) is 0 Å². The maximum Gasteiger partial charge on any atom is 0.305 e. The lowest BCUT2D eigenvalue weighted by atomic mass is 10.1. The molecule has 41 heavy (non-hydrogen) atoms. The zero-order valence-electron chi connectivity index (χ0n) is 26.1. The van der Waals surface area contributed by atoms with E-state index in [-0.39, 0.29) is 17.1 Å². The Morgan fingerprint density at radius 1 is 0.732 bits per heavy atom. The van der Waals surface area contributed by atoms with E-state index in [1.165, 1.54) is 17.5 Å². The van der Waals surface area contributed by atoms with E-state index in [1.807, 2.05) is 0 Å². The fraction of sp³-hybridized carbons (Fsp3) is 0.432. The number of hydrogen-bond donors (Lipinski definition) is 0. The number of carbonyl (C=O) groups is 1. The summed E-state index contributed by atoms with van der Waals surface area (Å²) in [6.07, 6.45) is 26.3. The maximum atomic E-state index is 11.1. The van der Waals surface area contributed by atoms with Crippen molar-refractivity contribution in [3.05, 3.63) is 109 Å². The van der Waals surface area contributed by atoms with Crippen LogP contribution in [0.25, 0.3) is 0 Å². The summed E-state index contributed by atoms with van der Waals surface area (Å²) >= 11 is 0. The smallest absolute Gasteiger partial charge is 0.305 e. The van der Waals surface area contributed by atoms with Crippen LogP contribution in [0.5, 0.6) is 0 Å². The van der Waals surface area contributed by atoms with Crippen LogP contribution in [0.4, 0.5) is 0 Å². The van der Waals surface area contributed by atoms with Crippen LogP contribution < -0.4 is 10.4 Å². The first kappa shape index (κ1) is 34.2. The van der Waals surface area contributed by atoms with Crippen molar-refractivity contribution in [2.24, 2.45) is 0 Å². The Balaban J connectivity index is 1.74. The van der Waals surface area contributed by atoms with Gasteiger partial charge in [-0.15, -0.1) is 0 Å². The van der Waals surface area contributed by atoms with Crippen molar-refractivity contribution in [2.45, 2.75) is 96.6 Å². The lowest BCUT2D eigenvalue weighted by Gasteiger charge is -2.44. The van der Waals surface area contributed by atoms with E-state index in [9.17, 15) is 4.79 Å². The van der Waals surface area contributed by atoms with Crippen LogP contribution in [-0.2, 0) is 14.0 Å². The molecular weight excluding hydrogens is 520 g/mol. The highest BCUT2D eigenvalue weighted by atomic mass is 28.4. The van der Waals surface area contributed by atoms with Crippen molar-refractivity contribution in [2.75, 3.05) is 7.11 Å². The van der Waals surface area contributed by atoms with E-state index in [2.05, 4.69) is 142 Å². The van der Waals surface area contributed by atoms with Crippen LogP contribution in [0.2, 0.25) is 5.04 Å². The molecule has 2 rings (SSSR count). The van der Waals surface area contributed by atoms with Gasteiger partial charge in [0.25, 0.3) is 8.32 Å². The third-order valence-electron chi connectivity index (χ3n) is 7.24. The molecule has 0 N–H and O–H groups in total. The molecule has 0 saturated heterocycles. The van der Waals surface area contributed by atoms with Crippen LogP contribution in [0, 0.1) is 0 Å². The van der Waals surface area contributed by atoms with E-state index in [4.69, 9.17) is 4.43 Å². The second kappa shape index (κ2) is 19.2. The first-order chi connectivity index (χ1) is 19.8. The van der Waals surface area contributed by atoms with Gasteiger partial charge in [-0.25, -0.2) is 0 Å². The van der Waals surface area contributed by atoms with Crippen molar-refractivity contribution in [3.8, 4) is 0 Å².